The van der Waals surface area contributed by atoms with Crippen LogP contribution in [0.25, 0.3) is 10.4 Å². The van der Waals surface area contributed by atoms with Crippen molar-refractivity contribution in [2.24, 2.45) is 5.11 Å². The number of ether oxygens (including phenoxy) is 4. The largest absolute Gasteiger partial charge is 0.479 e. The average molecular weight is 395 g/mol. The third-order valence-corrected chi connectivity index (χ3v) is 4.07. The first-order chi connectivity index (χ1) is 12.8. The SMILES string of the molecule is [N-]=[N+]=NCCO[C@@H]1OC(C(=O)O)[C@@H](O)C(O[C@H]2OC[C@@H](O)C(O)[C@H]2O)C1O. The van der Waals surface area contributed by atoms with E-state index in [1.54, 1.807) is 0 Å². The molecule has 2 heterocycles. The zero-order chi connectivity index (χ0) is 20.1. The summed E-state index contributed by atoms with van der Waals surface area (Å²) >= 11 is 0. The molecule has 0 saturated carbocycles. The van der Waals surface area contributed by atoms with Crippen molar-refractivity contribution in [1.82, 2.24) is 0 Å². The summed E-state index contributed by atoms with van der Waals surface area (Å²) in [6, 6.07) is 0. The van der Waals surface area contributed by atoms with Crippen LogP contribution >= 0.6 is 0 Å². The molecule has 2 aliphatic heterocycles. The lowest BCUT2D eigenvalue weighted by Crippen LogP contribution is -2.64. The molecule has 9 atom stereocenters. The molecule has 4 unspecified atom stereocenters. The second kappa shape index (κ2) is 9.57. The van der Waals surface area contributed by atoms with E-state index in [2.05, 4.69) is 10.0 Å². The number of azide groups is 1. The molecule has 2 fully saturated rings. The molecule has 0 aromatic carbocycles. The number of carboxylic acid groups (broad SMARTS) is 1. The van der Waals surface area contributed by atoms with Gasteiger partial charge in [0, 0.05) is 11.5 Å². The highest BCUT2D eigenvalue weighted by atomic mass is 16.7. The Balaban J connectivity index is 2.10. The number of aliphatic carboxylic acids is 1. The molecule has 0 amide bonds. The van der Waals surface area contributed by atoms with E-state index in [1.807, 2.05) is 0 Å². The molecule has 14 heteroatoms. The number of carboxylic acids is 1. The number of aliphatic hydroxyl groups is 5. The van der Waals surface area contributed by atoms with Gasteiger partial charge >= 0.3 is 5.97 Å². The van der Waals surface area contributed by atoms with E-state index in [-0.39, 0.29) is 13.2 Å². The van der Waals surface area contributed by atoms with Crippen molar-refractivity contribution < 1.29 is 54.4 Å². The van der Waals surface area contributed by atoms with Gasteiger partial charge in [-0.05, 0) is 5.53 Å². The fraction of sp³-hybridized carbons (Fsp3) is 0.923. The summed E-state index contributed by atoms with van der Waals surface area (Å²) in [7, 11) is 0. The molecule has 2 aliphatic rings. The van der Waals surface area contributed by atoms with Gasteiger partial charge in [0.25, 0.3) is 0 Å². The van der Waals surface area contributed by atoms with Crippen molar-refractivity contribution in [2.75, 3.05) is 19.8 Å². The van der Waals surface area contributed by atoms with Crippen molar-refractivity contribution in [3.8, 4) is 0 Å². The zero-order valence-electron chi connectivity index (χ0n) is 13.9. The molecule has 154 valence electrons. The standard InChI is InChI=1S/C13H21N3O11/c14-16-15-1-2-24-13-8(21)9(7(20)10(27-13)11(22)23)26-12-6(19)5(18)4(17)3-25-12/h4-10,12-13,17-21H,1-3H2,(H,22,23)/t4-,5?,6-,7+,8?,9?,10?,12-,13-/m1/s1. The Morgan fingerprint density at radius 3 is 2.44 bits per heavy atom. The Hall–Kier alpha value is -1.58. The lowest BCUT2D eigenvalue weighted by Gasteiger charge is -2.43. The van der Waals surface area contributed by atoms with E-state index >= 15 is 0 Å². The fourth-order valence-electron chi connectivity index (χ4n) is 2.65. The Labute approximate surface area is 152 Å². The van der Waals surface area contributed by atoms with E-state index in [4.69, 9.17) is 24.5 Å². The number of carbonyl (C=O) groups is 1. The van der Waals surface area contributed by atoms with Crippen LogP contribution in [0.4, 0.5) is 0 Å². The van der Waals surface area contributed by atoms with E-state index in [0.717, 1.165) is 0 Å². The zero-order valence-corrected chi connectivity index (χ0v) is 13.9. The molecule has 27 heavy (non-hydrogen) atoms. The summed E-state index contributed by atoms with van der Waals surface area (Å²) < 4.78 is 20.4. The third-order valence-electron chi connectivity index (χ3n) is 4.07. The van der Waals surface area contributed by atoms with Gasteiger partial charge in [-0.3, -0.25) is 0 Å². The maximum absolute atomic E-state index is 11.3. The van der Waals surface area contributed by atoms with Crippen molar-refractivity contribution in [2.45, 2.75) is 55.3 Å². The molecule has 0 aromatic heterocycles. The number of nitrogens with zero attached hydrogens (tertiary/aromatic N) is 3. The number of hydrogen-bond donors (Lipinski definition) is 6. The van der Waals surface area contributed by atoms with Crippen LogP contribution in [-0.4, -0.2) is 112 Å². The van der Waals surface area contributed by atoms with Gasteiger partial charge in [0.15, 0.2) is 18.7 Å². The Kier molecular flexibility index (Phi) is 7.69. The van der Waals surface area contributed by atoms with Gasteiger partial charge in [0.1, 0.15) is 36.6 Å². The van der Waals surface area contributed by atoms with E-state index in [1.165, 1.54) is 0 Å². The van der Waals surface area contributed by atoms with Crippen LogP contribution in [0, 0.1) is 0 Å². The second-order valence-corrected chi connectivity index (χ2v) is 5.92. The second-order valence-electron chi connectivity index (χ2n) is 5.92. The molecule has 0 radical (unpaired) electrons. The van der Waals surface area contributed by atoms with Crippen LogP contribution in [0.2, 0.25) is 0 Å². The molecular formula is C13H21N3O11. The summed E-state index contributed by atoms with van der Waals surface area (Å²) in [5, 5.41) is 61.9. The number of aliphatic hydroxyl groups excluding tert-OH is 5. The lowest BCUT2D eigenvalue weighted by atomic mass is 9.98. The van der Waals surface area contributed by atoms with Gasteiger partial charge in [-0.15, -0.1) is 0 Å². The quantitative estimate of drug-likeness (QED) is 0.108. The number of rotatable bonds is 7. The van der Waals surface area contributed by atoms with E-state index in [9.17, 15) is 35.4 Å². The highest BCUT2D eigenvalue weighted by Gasteiger charge is 2.51. The molecule has 14 nitrogen and oxygen atoms in total. The summed E-state index contributed by atoms with van der Waals surface area (Å²) in [5.41, 5.74) is 8.21. The van der Waals surface area contributed by atoms with Crippen molar-refractivity contribution in [1.29, 1.82) is 0 Å². The van der Waals surface area contributed by atoms with Crippen molar-refractivity contribution in [3.05, 3.63) is 10.4 Å². The monoisotopic (exact) mass is 395 g/mol. The molecule has 6 N–H and O–H groups in total. The fourth-order valence-corrected chi connectivity index (χ4v) is 2.65. The Morgan fingerprint density at radius 1 is 1.11 bits per heavy atom. The topological polar surface area (TPSA) is 224 Å². The first kappa shape index (κ1) is 21.7. The molecule has 2 rings (SSSR count). The van der Waals surface area contributed by atoms with Gasteiger partial charge in [0.2, 0.25) is 0 Å². The smallest absolute Gasteiger partial charge is 0.335 e. The lowest BCUT2D eigenvalue weighted by molar-refractivity contribution is -0.344. The van der Waals surface area contributed by atoms with Crippen LogP contribution in [0.3, 0.4) is 0 Å². The average Bonchev–Trinajstić information content (AvgIpc) is 2.63. The highest BCUT2D eigenvalue weighted by Crippen LogP contribution is 2.28. The molecule has 0 bridgehead atoms. The first-order valence-corrected chi connectivity index (χ1v) is 7.96. The minimum absolute atomic E-state index is 0.122. The van der Waals surface area contributed by atoms with Crippen molar-refractivity contribution in [3.63, 3.8) is 0 Å². The normalized spacial score (nSPS) is 42.3. The van der Waals surface area contributed by atoms with Gasteiger partial charge in [-0.2, -0.15) is 0 Å². The summed E-state index contributed by atoms with van der Waals surface area (Å²) in [6.45, 7) is -0.732. The maximum atomic E-state index is 11.3. The van der Waals surface area contributed by atoms with Gasteiger partial charge in [0.05, 0.1) is 13.2 Å². The molecular weight excluding hydrogens is 374 g/mol. The predicted molar refractivity (Wildman–Crippen MR) is 80.9 cm³/mol. The van der Waals surface area contributed by atoms with Crippen LogP contribution in [0.5, 0.6) is 0 Å². The predicted octanol–water partition coefficient (Wildman–Crippen LogP) is -3.33. The minimum Gasteiger partial charge on any atom is -0.479 e. The van der Waals surface area contributed by atoms with Crippen LogP contribution in [0.1, 0.15) is 0 Å². The Morgan fingerprint density at radius 2 is 1.81 bits per heavy atom. The van der Waals surface area contributed by atoms with Crippen LogP contribution in [-0.2, 0) is 23.7 Å². The van der Waals surface area contributed by atoms with E-state index < -0.39 is 67.9 Å². The third kappa shape index (κ3) is 5.03. The summed E-state index contributed by atoms with van der Waals surface area (Å²) in [5.74, 6) is -1.56. The molecule has 0 aromatic rings. The van der Waals surface area contributed by atoms with Crippen LogP contribution < -0.4 is 0 Å². The maximum Gasteiger partial charge on any atom is 0.335 e. The molecule has 2 saturated heterocycles. The van der Waals surface area contributed by atoms with Gasteiger partial charge in [-0.25, -0.2) is 4.79 Å². The summed E-state index contributed by atoms with van der Waals surface area (Å²) in [4.78, 5) is 13.8. The van der Waals surface area contributed by atoms with Crippen molar-refractivity contribution >= 4 is 5.97 Å². The minimum atomic E-state index is -1.87. The van der Waals surface area contributed by atoms with Gasteiger partial charge in [-0.1, -0.05) is 5.11 Å². The highest BCUT2D eigenvalue weighted by molar-refractivity contribution is 5.73. The molecule has 0 spiro atoms. The summed E-state index contributed by atoms with van der Waals surface area (Å²) in [6.07, 6.45) is -14.8. The Bertz CT molecular complexity index is 560. The van der Waals surface area contributed by atoms with E-state index in [0.29, 0.717) is 0 Å². The van der Waals surface area contributed by atoms with Crippen LogP contribution in [0.15, 0.2) is 5.11 Å². The van der Waals surface area contributed by atoms with Gasteiger partial charge < -0.3 is 49.6 Å². The molecule has 0 aliphatic carbocycles. The first-order valence-electron chi connectivity index (χ1n) is 7.96. The number of hydrogen-bond acceptors (Lipinski definition) is 11.